The zero-order valence-electron chi connectivity index (χ0n) is 10.6. The minimum Gasteiger partial charge on any atom is -0.369 e. The fourth-order valence-corrected chi connectivity index (χ4v) is 2.32. The molecule has 0 spiro atoms. The Labute approximate surface area is 108 Å². The molecule has 0 unspecified atom stereocenters. The van der Waals surface area contributed by atoms with E-state index >= 15 is 0 Å². The van der Waals surface area contributed by atoms with E-state index in [0.29, 0.717) is 0 Å². The van der Waals surface area contributed by atoms with Gasteiger partial charge in [-0.15, -0.1) is 0 Å². The third kappa shape index (κ3) is 3.70. The van der Waals surface area contributed by atoms with Crippen molar-refractivity contribution in [2.24, 2.45) is 11.7 Å². The number of rotatable bonds is 3. The van der Waals surface area contributed by atoms with Crippen LogP contribution in [-0.4, -0.2) is 23.9 Å². The second-order valence-corrected chi connectivity index (χ2v) is 4.83. The van der Waals surface area contributed by atoms with E-state index in [1.54, 1.807) is 0 Å². The molecule has 0 bridgehead atoms. The zero-order valence-corrected chi connectivity index (χ0v) is 10.6. The molecule has 3 heteroatoms. The Kier molecular flexibility index (Phi) is 4.53. The summed E-state index contributed by atoms with van der Waals surface area (Å²) in [6, 6.07) is 10.3. The van der Waals surface area contributed by atoms with E-state index < -0.39 is 0 Å². The van der Waals surface area contributed by atoms with Crippen LogP contribution in [0.1, 0.15) is 18.4 Å². The first-order valence-corrected chi connectivity index (χ1v) is 6.46. The molecule has 1 aromatic rings. The van der Waals surface area contributed by atoms with Crippen LogP contribution in [-0.2, 0) is 11.3 Å². The van der Waals surface area contributed by atoms with Gasteiger partial charge in [0.1, 0.15) is 0 Å². The summed E-state index contributed by atoms with van der Waals surface area (Å²) in [6.45, 7) is 2.52. The van der Waals surface area contributed by atoms with Crippen LogP contribution in [0.4, 0.5) is 0 Å². The Morgan fingerprint density at radius 3 is 2.78 bits per heavy atom. The van der Waals surface area contributed by atoms with E-state index in [1.165, 1.54) is 5.56 Å². The Bertz CT molecular complexity index is 414. The monoisotopic (exact) mass is 244 g/mol. The van der Waals surface area contributed by atoms with E-state index in [1.807, 2.05) is 18.2 Å². The summed E-state index contributed by atoms with van der Waals surface area (Å²) < 4.78 is 0. The molecule has 0 fully saturated rings. The molecule has 1 amide bonds. The Balaban J connectivity index is 2.03. The summed E-state index contributed by atoms with van der Waals surface area (Å²) in [5.74, 6) is -0.206. The lowest BCUT2D eigenvalue weighted by Gasteiger charge is -2.26. The second kappa shape index (κ2) is 6.36. The largest absolute Gasteiger partial charge is 0.369 e. The van der Waals surface area contributed by atoms with E-state index in [-0.39, 0.29) is 11.8 Å². The summed E-state index contributed by atoms with van der Waals surface area (Å²) in [4.78, 5) is 13.7. The molecule has 0 aliphatic carbocycles. The van der Waals surface area contributed by atoms with E-state index in [2.05, 4.69) is 29.2 Å². The third-order valence-corrected chi connectivity index (χ3v) is 3.34. The fraction of sp³-hybridized carbons (Fsp3) is 0.400. The number of allylic oxidation sites excluding steroid dienone is 1. The molecule has 1 heterocycles. The molecule has 3 nitrogen and oxygen atoms in total. The lowest BCUT2D eigenvalue weighted by molar-refractivity contribution is -0.122. The standard InChI is InChI=1S/C15H20N2O/c16-15(18)14-9-5-2-6-10-17(12-14)11-13-7-3-1-4-8-13/h1-4,6-8,14H,5,9-12H2,(H2,16,18)/t14-/m1/s1. The van der Waals surface area contributed by atoms with Crippen molar-refractivity contribution < 1.29 is 4.79 Å². The first-order valence-electron chi connectivity index (χ1n) is 6.46. The first-order chi connectivity index (χ1) is 8.75. The number of hydrogen-bond donors (Lipinski definition) is 1. The molecule has 1 aromatic carbocycles. The van der Waals surface area contributed by atoms with Gasteiger partial charge in [-0.1, -0.05) is 42.5 Å². The molecule has 18 heavy (non-hydrogen) atoms. The Morgan fingerprint density at radius 1 is 1.28 bits per heavy atom. The normalized spacial score (nSPS) is 21.2. The number of amides is 1. The summed E-state index contributed by atoms with van der Waals surface area (Å²) in [5, 5.41) is 0. The number of benzene rings is 1. The molecule has 2 rings (SSSR count). The van der Waals surface area contributed by atoms with Crippen molar-refractivity contribution in [1.82, 2.24) is 4.90 Å². The van der Waals surface area contributed by atoms with E-state index in [9.17, 15) is 4.79 Å². The van der Waals surface area contributed by atoms with Crippen molar-refractivity contribution in [2.75, 3.05) is 13.1 Å². The fourth-order valence-electron chi connectivity index (χ4n) is 2.32. The zero-order chi connectivity index (χ0) is 12.8. The van der Waals surface area contributed by atoms with Crippen LogP contribution < -0.4 is 5.73 Å². The highest BCUT2D eigenvalue weighted by molar-refractivity contribution is 5.76. The second-order valence-electron chi connectivity index (χ2n) is 4.83. The molecule has 1 atom stereocenters. The van der Waals surface area contributed by atoms with Crippen molar-refractivity contribution in [1.29, 1.82) is 0 Å². The van der Waals surface area contributed by atoms with Gasteiger partial charge in [0.25, 0.3) is 0 Å². The predicted molar refractivity (Wildman–Crippen MR) is 72.8 cm³/mol. The van der Waals surface area contributed by atoms with E-state index in [0.717, 1.165) is 32.5 Å². The number of nitrogens with two attached hydrogens (primary N) is 1. The lowest BCUT2D eigenvalue weighted by Crippen LogP contribution is -2.36. The van der Waals surface area contributed by atoms with Crippen LogP contribution in [0.15, 0.2) is 42.5 Å². The van der Waals surface area contributed by atoms with Crippen molar-refractivity contribution in [3.63, 3.8) is 0 Å². The lowest BCUT2D eigenvalue weighted by atomic mass is 10.00. The predicted octanol–water partition coefficient (Wildman–Crippen LogP) is 1.94. The molecule has 0 radical (unpaired) electrons. The molecule has 1 aliphatic rings. The highest BCUT2D eigenvalue weighted by atomic mass is 16.1. The summed E-state index contributed by atoms with van der Waals surface area (Å²) >= 11 is 0. The number of nitrogens with zero attached hydrogens (tertiary/aromatic N) is 1. The van der Waals surface area contributed by atoms with Gasteiger partial charge in [-0.25, -0.2) is 0 Å². The quantitative estimate of drug-likeness (QED) is 0.826. The van der Waals surface area contributed by atoms with Crippen molar-refractivity contribution in [3.05, 3.63) is 48.0 Å². The SMILES string of the molecule is NC(=O)[C@@H]1CCC=CCN(Cc2ccccc2)C1. The molecule has 0 saturated heterocycles. The van der Waals surface area contributed by atoms with Crippen LogP contribution in [0.5, 0.6) is 0 Å². The maximum Gasteiger partial charge on any atom is 0.221 e. The van der Waals surface area contributed by atoms with Gasteiger partial charge in [0.05, 0.1) is 5.92 Å². The maximum absolute atomic E-state index is 11.4. The minimum atomic E-state index is -0.177. The van der Waals surface area contributed by atoms with Gasteiger partial charge in [-0.3, -0.25) is 9.69 Å². The highest BCUT2D eigenvalue weighted by Crippen LogP contribution is 2.14. The van der Waals surface area contributed by atoms with Gasteiger partial charge in [0.15, 0.2) is 0 Å². The van der Waals surface area contributed by atoms with Crippen molar-refractivity contribution in [2.45, 2.75) is 19.4 Å². The summed E-state index contributed by atoms with van der Waals surface area (Å²) in [7, 11) is 0. The number of carbonyl (C=O) groups is 1. The third-order valence-electron chi connectivity index (χ3n) is 3.34. The van der Waals surface area contributed by atoms with E-state index in [4.69, 9.17) is 5.73 Å². The minimum absolute atomic E-state index is 0.0290. The number of hydrogen-bond acceptors (Lipinski definition) is 2. The van der Waals surface area contributed by atoms with Crippen LogP contribution >= 0.6 is 0 Å². The Hall–Kier alpha value is -1.61. The average Bonchev–Trinajstić information content (AvgIpc) is 2.33. The van der Waals surface area contributed by atoms with Crippen LogP contribution in [0, 0.1) is 5.92 Å². The van der Waals surface area contributed by atoms with Gasteiger partial charge in [0, 0.05) is 19.6 Å². The van der Waals surface area contributed by atoms with Crippen molar-refractivity contribution in [3.8, 4) is 0 Å². The molecule has 1 aliphatic heterocycles. The van der Waals surface area contributed by atoms with Gasteiger partial charge >= 0.3 is 0 Å². The molecular weight excluding hydrogens is 224 g/mol. The van der Waals surface area contributed by atoms with Gasteiger partial charge < -0.3 is 5.73 Å². The van der Waals surface area contributed by atoms with Crippen LogP contribution in [0.2, 0.25) is 0 Å². The highest BCUT2D eigenvalue weighted by Gasteiger charge is 2.19. The Morgan fingerprint density at radius 2 is 2.06 bits per heavy atom. The van der Waals surface area contributed by atoms with Crippen LogP contribution in [0.25, 0.3) is 0 Å². The smallest absolute Gasteiger partial charge is 0.221 e. The van der Waals surface area contributed by atoms with Crippen LogP contribution in [0.3, 0.4) is 0 Å². The first kappa shape index (κ1) is 12.8. The summed E-state index contributed by atoms with van der Waals surface area (Å²) in [6.07, 6.45) is 6.14. The summed E-state index contributed by atoms with van der Waals surface area (Å²) in [5.41, 5.74) is 6.73. The average molecular weight is 244 g/mol. The van der Waals surface area contributed by atoms with Gasteiger partial charge in [-0.05, 0) is 18.4 Å². The number of carbonyl (C=O) groups excluding carboxylic acids is 1. The molecule has 0 saturated carbocycles. The topological polar surface area (TPSA) is 46.3 Å². The van der Waals surface area contributed by atoms with Gasteiger partial charge in [0.2, 0.25) is 5.91 Å². The molecular formula is C15H20N2O. The molecule has 2 N–H and O–H groups in total. The van der Waals surface area contributed by atoms with Crippen molar-refractivity contribution >= 4 is 5.91 Å². The number of primary amides is 1. The van der Waals surface area contributed by atoms with Gasteiger partial charge in [-0.2, -0.15) is 0 Å². The molecule has 0 aromatic heterocycles. The molecule has 96 valence electrons. The maximum atomic E-state index is 11.4.